The van der Waals surface area contributed by atoms with Gasteiger partial charge in [0.2, 0.25) is 0 Å². The highest BCUT2D eigenvalue weighted by Gasteiger charge is 1.98. The van der Waals surface area contributed by atoms with Crippen LogP contribution in [0.25, 0.3) is 0 Å². The van der Waals surface area contributed by atoms with Gasteiger partial charge in [-0.05, 0) is 0 Å². The van der Waals surface area contributed by atoms with Crippen molar-refractivity contribution in [1.29, 1.82) is 0 Å². The van der Waals surface area contributed by atoms with Crippen LogP contribution in [0.15, 0.2) is 0 Å². The predicted octanol–water partition coefficient (Wildman–Crippen LogP) is -0.125. The van der Waals surface area contributed by atoms with E-state index in [-0.39, 0.29) is 12.5 Å². The van der Waals surface area contributed by atoms with Crippen LogP contribution in [0, 0.1) is 18.3 Å². The van der Waals surface area contributed by atoms with Crippen LogP contribution < -0.4 is 0 Å². The highest BCUT2D eigenvalue weighted by atomic mass is 16.5. The molecular formula is C6H10O2. The Hall–Kier alpha value is -0.520. The van der Waals surface area contributed by atoms with Crippen molar-refractivity contribution in [2.45, 2.75) is 0 Å². The van der Waals surface area contributed by atoms with Crippen molar-refractivity contribution in [3.63, 3.8) is 0 Å². The summed E-state index contributed by atoms with van der Waals surface area (Å²) in [4.78, 5) is 0. The minimum absolute atomic E-state index is 0.00431. The molecule has 0 spiro atoms. The number of hydrogen-bond donors (Lipinski definition) is 1. The van der Waals surface area contributed by atoms with Gasteiger partial charge in [0.15, 0.2) is 0 Å². The second-order valence-electron chi connectivity index (χ2n) is 1.50. The van der Waals surface area contributed by atoms with Crippen molar-refractivity contribution in [1.82, 2.24) is 0 Å². The molecule has 0 aliphatic rings. The summed E-state index contributed by atoms with van der Waals surface area (Å²) in [5.41, 5.74) is 0. The molecule has 0 aromatic heterocycles. The van der Waals surface area contributed by atoms with Gasteiger partial charge in [-0.1, -0.05) is 5.92 Å². The van der Waals surface area contributed by atoms with E-state index in [0.717, 1.165) is 0 Å². The quantitative estimate of drug-likeness (QED) is 0.518. The topological polar surface area (TPSA) is 29.5 Å². The fourth-order valence-corrected chi connectivity index (χ4v) is 0.355. The Kier molecular flexibility index (Phi) is 4.33. The fraction of sp³-hybridized carbons (Fsp3) is 0.667. The minimum Gasteiger partial charge on any atom is -0.395 e. The summed E-state index contributed by atoms with van der Waals surface area (Å²) in [7, 11) is 1.56. The van der Waals surface area contributed by atoms with Gasteiger partial charge in [0, 0.05) is 7.11 Å². The highest BCUT2D eigenvalue weighted by molar-refractivity contribution is 4.92. The van der Waals surface area contributed by atoms with E-state index in [9.17, 15) is 0 Å². The summed E-state index contributed by atoms with van der Waals surface area (Å²) in [6.07, 6.45) is 4.98. The van der Waals surface area contributed by atoms with Gasteiger partial charge in [0.25, 0.3) is 0 Å². The molecule has 0 rings (SSSR count). The van der Waals surface area contributed by atoms with E-state index < -0.39 is 0 Å². The predicted molar refractivity (Wildman–Crippen MR) is 31.3 cm³/mol. The van der Waals surface area contributed by atoms with Crippen molar-refractivity contribution in [2.75, 3.05) is 20.3 Å². The van der Waals surface area contributed by atoms with Crippen LogP contribution in [0.4, 0.5) is 0 Å². The molecule has 2 nitrogen and oxygen atoms in total. The zero-order chi connectivity index (χ0) is 6.41. The van der Waals surface area contributed by atoms with Gasteiger partial charge in [0.1, 0.15) is 0 Å². The van der Waals surface area contributed by atoms with Crippen molar-refractivity contribution in [2.24, 2.45) is 5.92 Å². The molecule has 1 atom stereocenters. The average molecular weight is 114 g/mol. The van der Waals surface area contributed by atoms with Crippen molar-refractivity contribution in [3.8, 4) is 12.3 Å². The molecule has 1 unspecified atom stereocenters. The lowest BCUT2D eigenvalue weighted by molar-refractivity contribution is 0.136. The van der Waals surface area contributed by atoms with E-state index in [1.807, 2.05) is 0 Å². The van der Waals surface area contributed by atoms with Gasteiger partial charge < -0.3 is 9.84 Å². The number of aliphatic hydroxyl groups is 1. The van der Waals surface area contributed by atoms with E-state index in [2.05, 4.69) is 10.7 Å². The van der Waals surface area contributed by atoms with Gasteiger partial charge in [-0.2, -0.15) is 0 Å². The SMILES string of the molecule is C#CC(CO)COC. The number of aliphatic hydroxyl groups excluding tert-OH is 1. The van der Waals surface area contributed by atoms with E-state index in [0.29, 0.717) is 6.61 Å². The third-order valence-electron chi connectivity index (χ3n) is 0.824. The summed E-state index contributed by atoms with van der Waals surface area (Å²) in [5.74, 6) is 2.24. The monoisotopic (exact) mass is 114 g/mol. The van der Waals surface area contributed by atoms with E-state index in [1.54, 1.807) is 7.11 Å². The van der Waals surface area contributed by atoms with Gasteiger partial charge in [-0.3, -0.25) is 0 Å². The number of terminal acetylenes is 1. The molecular weight excluding hydrogens is 104 g/mol. The standard InChI is InChI=1S/C6H10O2/c1-3-6(4-7)5-8-2/h1,6-7H,4-5H2,2H3. The fourth-order valence-electron chi connectivity index (χ4n) is 0.355. The van der Waals surface area contributed by atoms with Crippen LogP contribution in [0.2, 0.25) is 0 Å². The molecule has 0 aliphatic heterocycles. The molecule has 0 aromatic carbocycles. The summed E-state index contributed by atoms with van der Waals surface area (Å²) in [6.45, 7) is 0.442. The lowest BCUT2D eigenvalue weighted by Gasteiger charge is -2.02. The maximum atomic E-state index is 8.43. The number of rotatable bonds is 3. The molecule has 0 saturated heterocycles. The third-order valence-corrected chi connectivity index (χ3v) is 0.824. The molecule has 0 fully saturated rings. The molecule has 1 N–H and O–H groups in total. The van der Waals surface area contributed by atoms with E-state index in [4.69, 9.17) is 11.5 Å². The molecule has 0 aliphatic carbocycles. The molecule has 0 saturated carbocycles. The molecule has 8 heavy (non-hydrogen) atoms. The van der Waals surface area contributed by atoms with Gasteiger partial charge in [0.05, 0.1) is 19.1 Å². The van der Waals surface area contributed by atoms with Crippen molar-refractivity contribution < 1.29 is 9.84 Å². The normalized spacial score (nSPS) is 12.6. The Labute approximate surface area is 49.5 Å². The highest BCUT2D eigenvalue weighted by Crippen LogP contribution is 1.90. The zero-order valence-corrected chi connectivity index (χ0v) is 4.92. The number of hydrogen-bond acceptors (Lipinski definition) is 2. The summed E-state index contributed by atoms with van der Waals surface area (Å²) in [6, 6.07) is 0. The van der Waals surface area contributed by atoms with Crippen molar-refractivity contribution >= 4 is 0 Å². The average Bonchev–Trinajstić information content (AvgIpc) is 1.83. The maximum absolute atomic E-state index is 8.43. The Morgan fingerprint density at radius 3 is 2.62 bits per heavy atom. The number of ether oxygens (including phenoxy) is 1. The van der Waals surface area contributed by atoms with Crippen LogP contribution in [0.5, 0.6) is 0 Å². The zero-order valence-electron chi connectivity index (χ0n) is 4.92. The molecule has 0 radical (unpaired) electrons. The molecule has 0 amide bonds. The minimum atomic E-state index is -0.139. The first kappa shape index (κ1) is 7.48. The largest absolute Gasteiger partial charge is 0.395 e. The first-order valence-corrected chi connectivity index (χ1v) is 2.41. The first-order valence-electron chi connectivity index (χ1n) is 2.41. The van der Waals surface area contributed by atoms with Gasteiger partial charge >= 0.3 is 0 Å². The molecule has 0 bridgehead atoms. The van der Waals surface area contributed by atoms with Crippen LogP contribution in [-0.2, 0) is 4.74 Å². The smallest absolute Gasteiger partial charge is 0.0665 e. The molecule has 0 aromatic rings. The molecule has 46 valence electrons. The second-order valence-corrected chi connectivity index (χ2v) is 1.50. The van der Waals surface area contributed by atoms with Crippen LogP contribution >= 0.6 is 0 Å². The second kappa shape index (κ2) is 4.63. The maximum Gasteiger partial charge on any atom is 0.0665 e. The number of methoxy groups -OCH3 is 1. The van der Waals surface area contributed by atoms with Crippen LogP contribution in [0.1, 0.15) is 0 Å². The van der Waals surface area contributed by atoms with Gasteiger partial charge in [-0.15, -0.1) is 6.42 Å². The third kappa shape index (κ3) is 2.62. The Bertz CT molecular complexity index is 83.0. The van der Waals surface area contributed by atoms with Gasteiger partial charge in [-0.25, -0.2) is 0 Å². The van der Waals surface area contributed by atoms with Crippen LogP contribution in [0.3, 0.4) is 0 Å². The Morgan fingerprint density at radius 1 is 1.88 bits per heavy atom. The molecule has 2 heteroatoms. The lowest BCUT2D eigenvalue weighted by atomic mass is 10.2. The lowest BCUT2D eigenvalue weighted by Crippen LogP contribution is -2.09. The van der Waals surface area contributed by atoms with E-state index in [1.165, 1.54) is 0 Å². The first-order chi connectivity index (χ1) is 3.85. The summed E-state index contributed by atoms with van der Waals surface area (Å²) in [5, 5.41) is 8.43. The molecule has 0 heterocycles. The Balaban J connectivity index is 3.26. The van der Waals surface area contributed by atoms with Crippen LogP contribution in [-0.4, -0.2) is 25.4 Å². The summed E-state index contributed by atoms with van der Waals surface area (Å²) < 4.78 is 4.68. The van der Waals surface area contributed by atoms with Crippen molar-refractivity contribution in [3.05, 3.63) is 0 Å². The summed E-state index contributed by atoms with van der Waals surface area (Å²) >= 11 is 0. The van der Waals surface area contributed by atoms with E-state index >= 15 is 0 Å². The Morgan fingerprint density at radius 2 is 2.50 bits per heavy atom.